The fourth-order valence-corrected chi connectivity index (χ4v) is 3.79. The molecule has 1 aliphatic heterocycles. The predicted octanol–water partition coefficient (Wildman–Crippen LogP) is 1.75. The van der Waals surface area contributed by atoms with E-state index in [1.54, 1.807) is 0 Å². The van der Waals surface area contributed by atoms with Gasteiger partial charge in [0.15, 0.2) is 0 Å². The number of carbonyl (C=O) groups excluding carboxylic acids is 1. The van der Waals surface area contributed by atoms with Gasteiger partial charge in [0, 0.05) is 31.7 Å². The van der Waals surface area contributed by atoms with Crippen LogP contribution < -0.4 is 0 Å². The molecule has 0 aromatic heterocycles. The maximum atomic E-state index is 12.0. The van der Waals surface area contributed by atoms with E-state index in [-0.39, 0.29) is 11.5 Å². The van der Waals surface area contributed by atoms with Crippen molar-refractivity contribution in [1.29, 1.82) is 0 Å². The third-order valence-electron chi connectivity index (χ3n) is 5.05. The Kier molecular flexibility index (Phi) is 4.85. The lowest BCUT2D eigenvalue weighted by Crippen LogP contribution is -2.58. The van der Waals surface area contributed by atoms with E-state index in [9.17, 15) is 4.79 Å². The van der Waals surface area contributed by atoms with Crippen LogP contribution in [0.2, 0.25) is 0 Å². The monoisotopic (exact) mass is 268 g/mol. The SMILES string of the molecule is CCOC(=O)CC1(N2CCN(C)CC2)CCCC1C. The Labute approximate surface area is 117 Å². The Hall–Kier alpha value is -0.610. The zero-order valence-electron chi connectivity index (χ0n) is 12.7. The van der Waals surface area contributed by atoms with Crippen LogP contribution in [0.4, 0.5) is 0 Å². The van der Waals surface area contributed by atoms with Gasteiger partial charge in [0.05, 0.1) is 13.0 Å². The molecule has 0 radical (unpaired) electrons. The summed E-state index contributed by atoms with van der Waals surface area (Å²) in [7, 11) is 2.17. The minimum atomic E-state index is -0.0184. The van der Waals surface area contributed by atoms with Crippen LogP contribution in [0.15, 0.2) is 0 Å². The normalized spacial score (nSPS) is 33.5. The number of nitrogens with zero attached hydrogens (tertiary/aromatic N) is 2. The van der Waals surface area contributed by atoms with Gasteiger partial charge in [0.25, 0.3) is 0 Å². The van der Waals surface area contributed by atoms with Gasteiger partial charge in [-0.05, 0) is 32.7 Å². The number of hydrogen-bond donors (Lipinski definition) is 0. The average molecular weight is 268 g/mol. The first-order valence-corrected chi connectivity index (χ1v) is 7.67. The van der Waals surface area contributed by atoms with Gasteiger partial charge in [-0.1, -0.05) is 13.3 Å². The molecule has 1 heterocycles. The summed E-state index contributed by atoms with van der Waals surface area (Å²) >= 11 is 0. The molecule has 2 unspecified atom stereocenters. The van der Waals surface area contributed by atoms with Crippen molar-refractivity contribution in [2.75, 3.05) is 39.8 Å². The van der Waals surface area contributed by atoms with Crippen molar-refractivity contribution in [3.63, 3.8) is 0 Å². The lowest BCUT2D eigenvalue weighted by molar-refractivity contribution is -0.148. The van der Waals surface area contributed by atoms with E-state index in [4.69, 9.17) is 4.74 Å². The maximum Gasteiger partial charge on any atom is 0.307 e. The molecule has 2 aliphatic rings. The molecule has 19 heavy (non-hydrogen) atoms. The molecule has 2 fully saturated rings. The number of likely N-dealkylation sites (N-methyl/N-ethyl adjacent to an activating group) is 1. The molecule has 0 aromatic rings. The Bertz CT molecular complexity index is 313. The highest BCUT2D eigenvalue weighted by Crippen LogP contribution is 2.43. The zero-order chi connectivity index (χ0) is 13.9. The van der Waals surface area contributed by atoms with Gasteiger partial charge < -0.3 is 9.64 Å². The van der Waals surface area contributed by atoms with Crippen LogP contribution in [0.25, 0.3) is 0 Å². The lowest BCUT2D eigenvalue weighted by atomic mass is 9.82. The molecule has 2 atom stereocenters. The van der Waals surface area contributed by atoms with Crippen molar-refractivity contribution < 1.29 is 9.53 Å². The van der Waals surface area contributed by atoms with Crippen LogP contribution in [-0.4, -0.2) is 61.1 Å². The number of hydrogen-bond acceptors (Lipinski definition) is 4. The number of carbonyl (C=O) groups is 1. The molecule has 0 amide bonds. The van der Waals surface area contributed by atoms with Crippen LogP contribution in [0.1, 0.15) is 39.5 Å². The minimum absolute atomic E-state index is 0.0184. The Balaban J connectivity index is 2.08. The van der Waals surface area contributed by atoms with E-state index in [0.717, 1.165) is 32.6 Å². The third-order valence-corrected chi connectivity index (χ3v) is 5.05. The highest BCUT2D eigenvalue weighted by Gasteiger charge is 2.47. The molecule has 1 saturated carbocycles. The predicted molar refractivity (Wildman–Crippen MR) is 76.1 cm³/mol. The van der Waals surface area contributed by atoms with E-state index >= 15 is 0 Å². The van der Waals surface area contributed by atoms with Crippen LogP contribution in [0.5, 0.6) is 0 Å². The fourth-order valence-electron chi connectivity index (χ4n) is 3.79. The first-order chi connectivity index (χ1) is 9.08. The molecule has 1 aliphatic carbocycles. The summed E-state index contributed by atoms with van der Waals surface area (Å²) in [5, 5.41) is 0. The van der Waals surface area contributed by atoms with Crippen LogP contribution >= 0.6 is 0 Å². The van der Waals surface area contributed by atoms with Crippen molar-refractivity contribution in [2.45, 2.75) is 45.1 Å². The fraction of sp³-hybridized carbons (Fsp3) is 0.933. The first kappa shape index (κ1) is 14.8. The van der Waals surface area contributed by atoms with Crippen molar-refractivity contribution >= 4 is 5.97 Å². The van der Waals surface area contributed by atoms with Crippen LogP contribution in [0, 0.1) is 5.92 Å². The summed E-state index contributed by atoms with van der Waals surface area (Å²) in [6.45, 7) is 9.07. The van der Waals surface area contributed by atoms with E-state index in [2.05, 4.69) is 23.8 Å². The molecular weight excluding hydrogens is 240 g/mol. The van der Waals surface area contributed by atoms with Gasteiger partial charge in [-0.2, -0.15) is 0 Å². The second-order valence-corrected chi connectivity index (χ2v) is 6.17. The smallest absolute Gasteiger partial charge is 0.307 e. The van der Waals surface area contributed by atoms with Crippen molar-refractivity contribution in [3.8, 4) is 0 Å². The van der Waals surface area contributed by atoms with E-state index in [0.29, 0.717) is 18.9 Å². The molecule has 1 saturated heterocycles. The van der Waals surface area contributed by atoms with Crippen LogP contribution in [-0.2, 0) is 9.53 Å². The van der Waals surface area contributed by atoms with Crippen LogP contribution in [0.3, 0.4) is 0 Å². The summed E-state index contributed by atoms with van der Waals surface area (Å²) in [5.41, 5.74) is 0.0630. The van der Waals surface area contributed by atoms with Gasteiger partial charge in [0.2, 0.25) is 0 Å². The molecule has 4 heteroatoms. The number of ether oxygens (including phenoxy) is 1. The van der Waals surface area contributed by atoms with E-state index in [1.807, 2.05) is 6.92 Å². The molecule has 0 N–H and O–H groups in total. The molecule has 0 bridgehead atoms. The summed E-state index contributed by atoms with van der Waals surface area (Å²) in [4.78, 5) is 16.9. The molecule has 2 rings (SSSR count). The summed E-state index contributed by atoms with van der Waals surface area (Å²) in [6.07, 6.45) is 4.21. The minimum Gasteiger partial charge on any atom is -0.466 e. The first-order valence-electron chi connectivity index (χ1n) is 7.67. The van der Waals surface area contributed by atoms with Gasteiger partial charge in [0.1, 0.15) is 0 Å². The van der Waals surface area contributed by atoms with Gasteiger partial charge in [-0.3, -0.25) is 9.69 Å². The lowest BCUT2D eigenvalue weighted by Gasteiger charge is -2.47. The largest absolute Gasteiger partial charge is 0.466 e. The van der Waals surface area contributed by atoms with E-state index in [1.165, 1.54) is 12.8 Å². The van der Waals surface area contributed by atoms with Gasteiger partial charge >= 0.3 is 5.97 Å². The second kappa shape index (κ2) is 6.23. The Morgan fingerprint density at radius 1 is 1.32 bits per heavy atom. The van der Waals surface area contributed by atoms with Gasteiger partial charge in [-0.25, -0.2) is 0 Å². The Morgan fingerprint density at radius 2 is 2.00 bits per heavy atom. The Morgan fingerprint density at radius 3 is 2.53 bits per heavy atom. The average Bonchev–Trinajstić information content (AvgIpc) is 2.73. The quantitative estimate of drug-likeness (QED) is 0.727. The maximum absolute atomic E-state index is 12.0. The topological polar surface area (TPSA) is 32.8 Å². The molecule has 0 aromatic carbocycles. The summed E-state index contributed by atoms with van der Waals surface area (Å²) < 4.78 is 5.21. The number of rotatable bonds is 4. The molecule has 0 spiro atoms. The molecule has 110 valence electrons. The van der Waals surface area contributed by atoms with Crippen molar-refractivity contribution in [3.05, 3.63) is 0 Å². The highest BCUT2D eigenvalue weighted by atomic mass is 16.5. The highest BCUT2D eigenvalue weighted by molar-refractivity contribution is 5.71. The molecule has 4 nitrogen and oxygen atoms in total. The standard InChI is InChI=1S/C15H28N2O2/c1-4-19-14(18)12-15(7-5-6-13(15)2)17-10-8-16(3)9-11-17/h13H,4-12H2,1-3H3. The number of piperazine rings is 1. The summed E-state index contributed by atoms with van der Waals surface area (Å²) in [5.74, 6) is 0.579. The molecular formula is C15H28N2O2. The second-order valence-electron chi connectivity index (χ2n) is 6.17. The van der Waals surface area contributed by atoms with E-state index < -0.39 is 0 Å². The van der Waals surface area contributed by atoms with Crippen molar-refractivity contribution in [1.82, 2.24) is 9.80 Å². The van der Waals surface area contributed by atoms with Gasteiger partial charge in [-0.15, -0.1) is 0 Å². The van der Waals surface area contributed by atoms with Crippen molar-refractivity contribution in [2.24, 2.45) is 5.92 Å². The number of esters is 1. The summed E-state index contributed by atoms with van der Waals surface area (Å²) in [6, 6.07) is 0. The zero-order valence-corrected chi connectivity index (χ0v) is 12.7. The third kappa shape index (κ3) is 3.11.